The minimum atomic E-state index is -0.242. The lowest BCUT2D eigenvalue weighted by Gasteiger charge is -2.36. The minimum absolute atomic E-state index is 0.164. The van der Waals surface area contributed by atoms with Crippen LogP contribution in [-0.2, 0) is 4.74 Å². The Balaban J connectivity index is 1.81. The number of nitrogens with one attached hydrogen (secondary N) is 1. The second-order valence-corrected chi connectivity index (χ2v) is 5.69. The van der Waals surface area contributed by atoms with Crippen molar-refractivity contribution in [2.75, 3.05) is 18.5 Å². The van der Waals surface area contributed by atoms with Crippen LogP contribution in [0.3, 0.4) is 0 Å². The highest BCUT2D eigenvalue weighted by Crippen LogP contribution is 2.25. The zero-order chi connectivity index (χ0) is 14.0. The predicted octanol–water partition coefficient (Wildman–Crippen LogP) is 3.11. The first kappa shape index (κ1) is 13.6. The summed E-state index contributed by atoms with van der Waals surface area (Å²) in [7, 11) is 0. The van der Waals surface area contributed by atoms with Crippen LogP contribution < -0.4 is 5.32 Å². The SMILES string of the molecule is O=C(NC1(CBr)CCOCC1)c1cc2ccccc2o1. The number of hydrogen-bond donors (Lipinski definition) is 1. The molecular weight excluding hydrogens is 322 g/mol. The molecule has 1 aromatic heterocycles. The molecule has 0 aliphatic carbocycles. The van der Waals surface area contributed by atoms with E-state index in [1.165, 1.54) is 0 Å². The third kappa shape index (κ3) is 2.60. The lowest BCUT2D eigenvalue weighted by Crippen LogP contribution is -2.53. The Morgan fingerprint density at radius 1 is 1.30 bits per heavy atom. The van der Waals surface area contributed by atoms with Gasteiger partial charge in [-0.2, -0.15) is 0 Å². The van der Waals surface area contributed by atoms with Gasteiger partial charge >= 0.3 is 0 Å². The molecule has 1 amide bonds. The summed E-state index contributed by atoms with van der Waals surface area (Å²) in [4.78, 5) is 12.4. The number of fused-ring (bicyclic) bond motifs is 1. The van der Waals surface area contributed by atoms with Gasteiger partial charge in [-0.15, -0.1) is 0 Å². The van der Waals surface area contributed by atoms with Gasteiger partial charge in [0.2, 0.25) is 0 Å². The molecule has 0 radical (unpaired) electrons. The summed E-state index contributed by atoms with van der Waals surface area (Å²) < 4.78 is 11.0. The molecule has 1 aliphatic heterocycles. The van der Waals surface area contributed by atoms with E-state index in [-0.39, 0.29) is 11.4 Å². The van der Waals surface area contributed by atoms with E-state index in [1.807, 2.05) is 24.3 Å². The highest BCUT2D eigenvalue weighted by atomic mass is 79.9. The van der Waals surface area contributed by atoms with E-state index in [4.69, 9.17) is 9.15 Å². The van der Waals surface area contributed by atoms with E-state index in [0.717, 1.165) is 29.1 Å². The molecule has 1 saturated heterocycles. The van der Waals surface area contributed by atoms with E-state index in [0.29, 0.717) is 19.0 Å². The average molecular weight is 338 g/mol. The first-order chi connectivity index (χ1) is 9.72. The Hall–Kier alpha value is -1.33. The lowest BCUT2D eigenvalue weighted by molar-refractivity contribution is 0.0434. The number of rotatable bonds is 3. The highest BCUT2D eigenvalue weighted by molar-refractivity contribution is 9.09. The zero-order valence-electron chi connectivity index (χ0n) is 11.0. The van der Waals surface area contributed by atoms with Gasteiger partial charge in [-0.25, -0.2) is 0 Å². The van der Waals surface area contributed by atoms with Gasteiger partial charge in [0.15, 0.2) is 5.76 Å². The summed E-state index contributed by atoms with van der Waals surface area (Å²) in [6, 6.07) is 9.40. The molecule has 0 saturated carbocycles. The van der Waals surface area contributed by atoms with Gasteiger partial charge in [0.05, 0.1) is 5.54 Å². The number of ether oxygens (including phenoxy) is 1. The molecule has 3 rings (SSSR count). The number of amides is 1. The first-order valence-electron chi connectivity index (χ1n) is 6.67. The molecule has 1 aromatic carbocycles. The molecule has 4 nitrogen and oxygen atoms in total. The van der Waals surface area contributed by atoms with Crippen molar-refractivity contribution in [2.24, 2.45) is 0 Å². The molecule has 2 aromatic rings. The zero-order valence-corrected chi connectivity index (χ0v) is 12.6. The highest BCUT2D eigenvalue weighted by Gasteiger charge is 2.34. The fourth-order valence-corrected chi connectivity index (χ4v) is 3.15. The number of benzene rings is 1. The smallest absolute Gasteiger partial charge is 0.287 e. The van der Waals surface area contributed by atoms with Gasteiger partial charge in [-0.3, -0.25) is 4.79 Å². The first-order valence-corrected chi connectivity index (χ1v) is 7.79. The van der Waals surface area contributed by atoms with Crippen LogP contribution in [-0.4, -0.2) is 30.0 Å². The van der Waals surface area contributed by atoms with E-state index in [9.17, 15) is 4.79 Å². The molecule has 20 heavy (non-hydrogen) atoms. The lowest BCUT2D eigenvalue weighted by atomic mass is 9.92. The minimum Gasteiger partial charge on any atom is -0.451 e. The van der Waals surface area contributed by atoms with Crippen LogP contribution in [0.2, 0.25) is 0 Å². The summed E-state index contributed by atoms with van der Waals surface area (Å²) in [5.74, 6) is 0.195. The van der Waals surface area contributed by atoms with Crippen LogP contribution in [0.1, 0.15) is 23.4 Å². The molecule has 1 fully saturated rings. The Bertz CT molecular complexity index is 583. The quantitative estimate of drug-likeness (QED) is 0.875. The summed E-state index contributed by atoms with van der Waals surface area (Å²) in [6.45, 7) is 1.35. The molecule has 1 aliphatic rings. The monoisotopic (exact) mass is 337 g/mol. The van der Waals surface area contributed by atoms with Gasteiger partial charge in [-0.05, 0) is 25.0 Å². The van der Waals surface area contributed by atoms with E-state index in [2.05, 4.69) is 21.2 Å². The predicted molar refractivity (Wildman–Crippen MR) is 80.3 cm³/mol. The Morgan fingerprint density at radius 2 is 2.05 bits per heavy atom. The van der Waals surface area contributed by atoms with E-state index in [1.54, 1.807) is 6.07 Å². The Kier molecular flexibility index (Phi) is 3.81. The van der Waals surface area contributed by atoms with Crippen LogP contribution in [0.25, 0.3) is 11.0 Å². The van der Waals surface area contributed by atoms with Crippen LogP contribution in [0.15, 0.2) is 34.7 Å². The Labute approximate surface area is 125 Å². The third-order valence-electron chi connectivity index (χ3n) is 3.73. The van der Waals surface area contributed by atoms with Crippen molar-refractivity contribution < 1.29 is 13.9 Å². The summed E-state index contributed by atoms with van der Waals surface area (Å²) in [6.07, 6.45) is 1.62. The average Bonchev–Trinajstić information content (AvgIpc) is 2.92. The largest absolute Gasteiger partial charge is 0.451 e. The number of halogens is 1. The second kappa shape index (κ2) is 5.58. The van der Waals surface area contributed by atoms with Crippen molar-refractivity contribution in [2.45, 2.75) is 18.4 Å². The maximum atomic E-state index is 12.4. The van der Waals surface area contributed by atoms with Crippen LogP contribution >= 0.6 is 15.9 Å². The fraction of sp³-hybridized carbons (Fsp3) is 0.400. The van der Waals surface area contributed by atoms with Crippen LogP contribution in [0.4, 0.5) is 0 Å². The number of alkyl halides is 1. The fourth-order valence-electron chi connectivity index (χ4n) is 2.45. The number of furan rings is 1. The molecule has 106 valence electrons. The molecule has 2 heterocycles. The van der Waals surface area contributed by atoms with Crippen LogP contribution in [0.5, 0.6) is 0 Å². The molecular formula is C15H16BrNO3. The van der Waals surface area contributed by atoms with Crippen molar-refractivity contribution in [3.63, 3.8) is 0 Å². The molecule has 1 N–H and O–H groups in total. The second-order valence-electron chi connectivity index (χ2n) is 5.13. The van der Waals surface area contributed by atoms with Gasteiger partial charge in [0.1, 0.15) is 5.58 Å². The molecule has 0 spiro atoms. The van der Waals surface area contributed by atoms with Crippen LogP contribution in [0, 0.1) is 0 Å². The maximum Gasteiger partial charge on any atom is 0.287 e. The van der Waals surface area contributed by atoms with Gasteiger partial charge < -0.3 is 14.5 Å². The van der Waals surface area contributed by atoms with Gasteiger partial charge in [0, 0.05) is 23.9 Å². The normalized spacial score (nSPS) is 18.1. The summed E-state index contributed by atoms with van der Waals surface area (Å²) in [5.41, 5.74) is 0.492. The maximum absolute atomic E-state index is 12.4. The molecule has 0 bridgehead atoms. The number of carbonyl (C=O) groups excluding carboxylic acids is 1. The number of para-hydroxylation sites is 1. The molecule has 5 heteroatoms. The van der Waals surface area contributed by atoms with Crippen molar-refractivity contribution in [1.82, 2.24) is 5.32 Å². The third-order valence-corrected chi connectivity index (χ3v) is 4.81. The molecule has 0 unspecified atom stereocenters. The number of hydrogen-bond acceptors (Lipinski definition) is 3. The summed E-state index contributed by atoms with van der Waals surface area (Å²) >= 11 is 3.50. The number of carbonyl (C=O) groups is 1. The van der Waals surface area contributed by atoms with Crippen molar-refractivity contribution in [3.8, 4) is 0 Å². The van der Waals surface area contributed by atoms with Crippen molar-refractivity contribution in [3.05, 3.63) is 36.1 Å². The van der Waals surface area contributed by atoms with Gasteiger partial charge in [-0.1, -0.05) is 34.1 Å². The Morgan fingerprint density at radius 3 is 2.75 bits per heavy atom. The van der Waals surface area contributed by atoms with Crippen molar-refractivity contribution in [1.29, 1.82) is 0 Å². The van der Waals surface area contributed by atoms with Crippen molar-refractivity contribution >= 4 is 32.8 Å². The van der Waals surface area contributed by atoms with E-state index >= 15 is 0 Å². The molecule has 0 atom stereocenters. The summed E-state index contributed by atoms with van der Waals surface area (Å²) in [5, 5.41) is 4.76. The topological polar surface area (TPSA) is 51.5 Å². The van der Waals surface area contributed by atoms with E-state index < -0.39 is 0 Å². The van der Waals surface area contributed by atoms with Gasteiger partial charge in [0.25, 0.3) is 5.91 Å². The standard InChI is InChI=1S/C15H16BrNO3/c16-10-15(5-7-19-8-6-15)17-14(18)13-9-11-3-1-2-4-12(11)20-13/h1-4,9H,5-8,10H2,(H,17,18).